The van der Waals surface area contributed by atoms with Crippen LogP contribution in [0.4, 0.5) is 5.82 Å². The van der Waals surface area contributed by atoms with E-state index in [9.17, 15) is 4.79 Å². The largest absolute Gasteiger partial charge is 0.372 e. The second-order valence-electron chi connectivity index (χ2n) is 7.29. The van der Waals surface area contributed by atoms with E-state index in [2.05, 4.69) is 9.88 Å². The van der Waals surface area contributed by atoms with Crippen LogP contribution in [0.2, 0.25) is 10.0 Å². The normalized spacial score (nSPS) is 14.0. The van der Waals surface area contributed by atoms with Gasteiger partial charge < -0.3 is 14.5 Å². The van der Waals surface area contributed by atoms with Crippen LogP contribution in [-0.4, -0.2) is 65.2 Å². The second kappa shape index (κ2) is 10.3. The number of ether oxygens (including phenoxy) is 1. The number of nitrogens with zero attached hydrogens (tertiary/aromatic N) is 5. The highest BCUT2D eigenvalue weighted by Gasteiger charge is 2.23. The Hall–Kier alpha value is -2.74. The topological polar surface area (TPSA) is 71.5 Å². The number of aromatic nitrogens is 3. The Morgan fingerprint density at radius 1 is 1.03 bits per heavy atom. The molecule has 166 valence electrons. The van der Waals surface area contributed by atoms with E-state index in [0.717, 1.165) is 16.9 Å². The SMILES string of the molecule is CCOCC(=O)N1CCN(c2cnc(-c3ccc(Cl)cc3)c(-c3ccncc3Cl)n2)CC1. The van der Waals surface area contributed by atoms with E-state index in [4.69, 9.17) is 37.9 Å². The molecule has 0 bridgehead atoms. The first-order valence-corrected chi connectivity index (χ1v) is 11.2. The lowest BCUT2D eigenvalue weighted by Gasteiger charge is -2.35. The van der Waals surface area contributed by atoms with Crippen LogP contribution in [-0.2, 0) is 9.53 Å². The summed E-state index contributed by atoms with van der Waals surface area (Å²) in [5.74, 6) is 0.752. The molecule has 1 fully saturated rings. The maximum absolute atomic E-state index is 12.2. The van der Waals surface area contributed by atoms with Crippen LogP contribution in [0.3, 0.4) is 0 Å². The maximum atomic E-state index is 12.2. The molecule has 1 aromatic carbocycles. The van der Waals surface area contributed by atoms with Gasteiger partial charge in [0.25, 0.3) is 0 Å². The molecule has 0 unspecified atom stereocenters. The van der Waals surface area contributed by atoms with Gasteiger partial charge in [0.15, 0.2) is 0 Å². The van der Waals surface area contributed by atoms with E-state index in [1.165, 1.54) is 0 Å². The van der Waals surface area contributed by atoms with Gasteiger partial charge in [0.1, 0.15) is 18.1 Å². The Balaban J connectivity index is 1.63. The van der Waals surface area contributed by atoms with Gasteiger partial charge in [-0.25, -0.2) is 4.98 Å². The lowest BCUT2D eigenvalue weighted by atomic mass is 10.0. The molecule has 0 atom stereocenters. The average Bonchev–Trinajstić information content (AvgIpc) is 2.83. The smallest absolute Gasteiger partial charge is 0.248 e. The molecule has 3 aromatic rings. The summed E-state index contributed by atoms with van der Waals surface area (Å²) in [7, 11) is 0. The number of piperazine rings is 1. The van der Waals surface area contributed by atoms with Gasteiger partial charge in [0.05, 0.1) is 16.9 Å². The van der Waals surface area contributed by atoms with Gasteiger partial charge in [-0.15, -0.1) is 0 Å². The molecular weight excluding hydrogens is 449 g/mol. The van der Waals surface area contributed by atoms with Gasteiger partial charge in [0.2, 0.25) is 5.91 Å². The van der Waals surface area contributed by atoms with Crippen LogP contribution in [0.1, 0.15) is 6.92 Å². The third-order valence-corrected chi connectivity index (χ3v) is 5.84. The van der Waals surface area contributed by atoms with Gasteiger partial charge >= 0.3 is 0 Å². The molecule has 0 saturated carbocycles. The highest BCUT2D eigenvalue weighted by Crippen LogP contribution is 2.34. The average molecular weight is 472 g/mol. The van der Waals surface area contributed by atoms with Gasteiger partial charge in [-0.1, -0.05) is 35.3 Å². The van der Waals surface area contributed by atoms with Crippen molar-refractivity contribution in [2.75, 3.05) is 44.3 Å². The third kappa shape index (κ3) is 5.01. The predicted octanol–water partition coefficient (Wildman–Crippen LogP) is 4.20. The van der Waals surface area contributed by atoms with Crippen molar-refractivity contribution in [2.45, 2.75) is 6.92 Å². The molecule has 1 amide bonds. The van der Waals surface area contributed by atoms with Crippen molar-refractivity contribution in [1.29, 1.82) is 0 Å². The number of pyridine rings is 1. The molecule has 9 heteroatoms. The molecule has 0 aliphatic carbocycles. The zero-order valence-corrected chi connectivity index (χ0v) is 19.2. The summed E-state index contributed by atoms with van der Waals surface area (Å²) in [6.45, 7) is 5.07. The minimum absolute atomic E-state index is 0.0138. The van der Waals surface area contributed by atoms with E-state index >= 15 is 0 Å². The van der Waals surface area contributed by atoms with Gasteiger partial charge in [-0.2, -0.15) is 0 Å². The molecule has 3 heterocycles. The molecule has 7 nitrogen and oxygen atoms in total. The van der Waals surface area contributed by atoms with E-state index in [-0.39, 0.29) is 12.5 Å². The predicted molar refractivity (Wildman–Crippen MR) is 126 cm³/mol. The van der Waals surface area contributed by atoms with Gasteiger partial charge in [-0.3, -0.25) is 14.8 Å². The molecular formula is C23H23Cl2N5O2. The van der Waals surface area contributed by atoms with E-state index in [1.807, 2.05) is 42.2 Å². The first kappa shape index (κ1) is 22.5. The Morgan fingerprint density at radius 2 is 1.78 bits per heavy atom. The summed E-state index contributed by atoms with van der Waals surface area (Å²) in [5.41, 5.74) is 3.03. The fourth-order valence-electron chi connectivity index (χ4n) is 3.57. The number of rotatable bonds is 6. The first-order valence-electron chi connectivity index (χ1n) is 10.4. The van der Waals surface area contributed by atoms with Crippen LogP contribution in [0.25, 0.3) is 22.5 Å². The monoisotopic (exact) mass is 471 g/mol. The minimum Gasteiger partial charge on any atom is -0.372 e. The minimum atomic E-state index is 0.0138. The Kier molecular flexibility index (Phi) is 7.19. The maximum Gasteiger partial charge on any atom is 0.248 e. The zero-order valence-electron chi connectivity index (χ0n) is 17.7. The van der Waals surface area contributed by atoms with Gasteiger partial charge in [-0.05, 0) is 25.1 Å². The van der Waals surface area contributed by atoms with E-state index < -0.39 is 0 Å². The summed E-state index contributed by atoms with van der Waals surface area (Å²) in [6.07, 6.45) is 5.05. The van der Waals surface area contributed by atoms with Crippen LogP contribution in [0.15, 0.2) is 48.9 Å². The van der Waals surface area contributed by atoms with E-state index in [0.29, 0.717) is 54.2 Å². The zero-order chi connectivity index (χ0) is 22.5. The van der Waals surface area contributed by atoms with Crippen molar-refractivity contribution in [1.82, 2.24) is 19.9 Å². The summed E-state index contributed by atoms with van der Waals surface area (Å²) < 4.78 is 5.25. The summed E-state index contributed by atoms with van der Waals surface area (Å²) in [4.78, 5) is 29.9. The molecule has 0 spiro atoms. The molecule has 0 N–H and O–H groups in total. The number of amides is 1. The van der Waals surface area contributed by atoms with Crippen molar-refractivity contribution < 1.29 is 9.53 Å². The van der Waals surface area contributed by atoms with Crippen molar-refractivity contribution in [3.63, 3.8) is 0 Å². The highest BCUT2D eigenvalue weighted by molar-refractivity contribution is 6.33. The number of anilines is 1. The Bertz CT molecular complexity index is 1090. The standard InChI is InChI=1S/C23H23Cl2N5O2/c1-2-32-15-21(31)30-11-9-29(10-12-30)20-14-27-22(16-3-5-17(24)6-4-16)23(28-20)18-7-8-26-13-19(18)25/h3-8,13-14H,2,9-12,15H2,1H3. The summed E-state index contributed by atoms with van der Waals surface area (Å²) in [5, 5.41) is 1.15. The number of carbonyl (C=O) groups excluding carboxylic acids is 1. The molecule has 1 aliphatic heterocycles. The number of halogens is 2. The molecule has 2 aromatic heterocycles. The quantitative estimate of drug-likeness (QED) is 0.536. The van der Waals surface area contributed by atoms with Crippen LogP contribution < -0.4 is 4.90 Å². The fourth-order valence-corrected chi connectivity index (χ4v) is 3.91. The molecule has 1 saturated heterocycles. The third-order valence-electron chi connectivity index (χ3n) is 5.29. The first-order chi connectivity index (χ1) is 15.6. The van der Waals surface area contributed by atoms with Crippen LogP contribution >= 0.6 is 23.2 Å². The van der Waals surface area contributed by atoms with Crippen LogP contribution in [0, 0.1) is 0 Å². The molecule has 32 heavy (non-hydrogen) atoms. The molecule has 4 rings (SSSR count). The Labute approximate surface area is 197 Å². The van der Waals surface area contributed by atoms with E-state index in [1.54, 1.807) is 18.6 Å². The molecule has 0 radical (unpaired) electrons. The van der Waals surface area contributed by atoms with Crippen molar-refractivity contribution in [3.05, 3.63) is 59.0 Å². The number of hydrogen-bond donors (Lipinski definition) is 0. The number of carbonyl (C=O) groups is 1. The lowest BCUT2D eigenvalue weighted by molar-refractivity contribution is -0.136. The number of hydrogen-bond acceptors (Lipinski definition) is 6. The fraction of sp³-hybridized carbons (Fsp3) is 0.304. The molecule has 1 aliphatic rings. The number of benzene rings is 1. The van der Waals surface area contributed by atoms with Crippen molar-refractivity contribution >= 4 is 34.9 Å². The van der Waals surface area contributed by atoms with Crippen molar-refractivity contribution in [3.8, 4) is 22.5 Å². The highest BCUT2D eigenvalue weighted by atomic mass is 35.5. The second-order valence-corrected chi connectivity index (χ2v) is 8.14. The Morgan fingerprint density at radius 3 is 2.47 bits per heavy atom. The summed E-state index contributed by atoms with van der Waals surface area (Å²) in [6, 6.07) is 9.30. The van der Waals surface area contributed by atoms with Crippen LogP contribution in [0.5, 0.6) is 0 Å². The van der Waals surface area contributed by atoms with Crippen molar-refractivity contribution in [2.24, 2.45) is 0 Å². The lowest BCUT2D eigenvalue weighted by Crippen LogP contribution is -2.50. The van der Waals surface area contributed by atoms with Gasteiger partial charge in [0, 0.05) is 61.3 Å². The summed E-state index contributed by atoms with van der Waals surface area (Å²) >= 11 is 12.5.